The van der Waals surface area contributed by atoms with E-state index in [-0.39, 0.29) is 13.2 Å². The van der Waals surface area contributed by atoms with Gasteiger partial charge in [0.15, 0.2) is 12.1 Å². The molecule has 0 unspecified atom stereocenters. The molecule has 0 bridgehead atoms. The average Bonchev–Trinajstić information content (AvgIpc) is 3.01. The maximum Gasteiger partial charge on any atom is 0.333 e. The molecule has 6 heteroatoms. The zero-order chi connectivity index (χ0) is 28.2. The normalized spacial score (nSPS) is 11.9. The van der Waals surface area contributed by atoms with Crippen LogP contribution < -0.4 is 0 Å². The second kappa shape index (κ2) is 14.4. The number of nitrogens with zero attached hydrogens (tertiary/aromatic N) is 2. The summed E-state index contributed by atoms with van der Waals surface area (Å²) < 4.78 is 10.9. The second-order valence-electron chi connectivity index (χ2n) is 8.81. The molecule has 0 aromatic heterocycles. The molecule has 6 nitrogen and oxygen atoms in total. The van der Waals surface area contributed by atoms with Gasteiger partial charge >= 0.3 is 11.9 Å². The Kier molecular flexibility index (Phi) is 10.1. The average molecular weight is 533 g/mol. The SMILES string of the molecule is CCOC(=O)[C@@H](N=C(c1ccccc1)c1ccccc1)[C@H](N=C(c1ccccc1)c1ccccc1)C(=O)OCC. The van der Waals surface area contributed by atoms with Crippen LogP contribution in [0.15, 0.2) is 131 Å². The molecule has 0 heterocycles. The first-order valence-electron chi connectivity index (χ1n) is 13.3. The highest BCUT2D eigenvalue weighted by molar-refractivity contribution is 6.15. The smallest absolute Gasteiger partial charge is 0.333 e. The van der Waals surface area contributed by atoms with Crippen LogP contribution in [0.2, 0.25) is 0 Å². The molecule has 0 fully saturated rings. The number of aliphatic imine (C=N–C) groups is 2. The summed E-state index contributed by atoms with van der Waals surface area (Å²) in [4.78, 5) is 36.9. The van der Waals surface area contributed by atoms with E-state index in [1.165, 1.54) is 0 Å². The lowest BCUT2D eigenvalue weighted by atomic mass is 9.99. The third-order valence-corrected chi connectivity index (χ3v) is 6.08. The number of ether oxygens (including phenoxy) is 2. The van der Waals surface area contributed by atoms with Crippen molar-refractivity contribution in [2.45, 2.75) is 25.9 Å². The fraction of sp³-hybridized carbons (Fsp3) is 0.176. The van der Waals surface area contributed by atoms with E-state index in [0.29, 0.717) is 11.4 Å². The standard InChI is InChI=1S/C34H32N2O4/c1-3-39-33(37)31(35-29(25-17-9-5-10-18-25)26-19-11-6-12-20-26)32(34(38)40-4-2)36-30(27-21-13-7-14-22-27)28-23-15-8-16-24-28/h5-24,31-32H,3-4H2,1-2H3/t31-,32-/m0/s1. The van der Waals surface area contributed by atoms with Gasteiger partial charge in [-0.15, -0.1) is 0 Å². The summed E-state index contributed by atoms with van der Waals surface area (Å²) in [6, 6.07) is 35.5. The van der Waals surface area contributed by atoms with E-state index in [1.807, 2.05) is 121 Å². The Labute approximate surface area is 235 Å². The van der Waals surface area contributed by atoms with Crippen LogP contribution >= 0.6 is 0 Å². The Morgan fingerprint density at radius 3 is 0.975 bits per heavy atom. The van der Waals surface area contributed by atoms with Crippen LogP contribution in [0.3, 0.4) is 0 Å². The van der Waals surface area contributed by atoms with Crippen molar-refractivity contribution in [2.24, 2.45) is 9.98 Å². The van der Waals surface area contributed by atoms with E-state index in [0.717, 1.165) is 22.3 Å². The first-order chi connectivity index (χ1) is 19.6. The van der Waals surface area contributed by atoms with E-state index in [4.69, 9.17) is 19.5 Å². The summed E-state index contributed by atoms with van der Waals surface area (Å²) in [6.45, 7) is 3.69. The first-order valence-corrected chi connectivity index (χ1v) is 13.3. The number of hydrogen-bond donors (Lipinski definition) is 0. The molecule has 2 atom stereocenters. The third-order valence-electron chi connectivity index (χ3n) is 6.08. The van der Waals surface area contributed by atoms with Crippen molar-refractivity contribution in [1.29, 1.82) is 0 Å². The molecule has 0 N–H and O–H groups in total. The molecule has 0 spiro atoms. The molecule has 0 aliphatic carbocycles. The van der Waals surface area contributed by atoms with Crippen molar-refractivity contribution in [3.05, 3.63) is 144 Å². The van der Waals surface area contributed by atoms with Crippen molar-refractivity contribution >= 4 is 23.4 Å². The van der Waals surface area contributed by atoms with E-state index in [2.05, 4.69) is 0 Å². The molecule has 0 saturated carbocycles. The van der Waals surface area contributed by atoms with Gasteiger partial charge in [-0.2, -0.15) is 0 Å². The van der Waals surface area contributed by atoms with E-state index in [9.17, 15) is 9.59 Å². The molecule has 4 aromatic rings. The second-order valence-corrected chi connectivity index (χ2v) is 8.81. The van der Waals surface area contributed by atoms with Crippen LogP contribution in [0.25, 0.3) is 0 Å². The predicted octanol–water partition coefficient (Wildman–Crippen LogP) is 5.93. The van der Waals surface area contributed by atoms with Crippen molar-refractivity contribution < 1.29 is 19.1 Å². The number of benzene rings is 4. The molecule has 0 radical (unpaired) electrons. The zero-order valence-electron chi connectivity index (χ0n) is 22.6. The highest BCUT2D eigenvalue weighted by atomic mass is 16.5. The molecule has 40 heavy (non-hydrogen) atoms. The number of esters is 2. The molecule has 0 aliphatic rings. The van der Waals surface area contributed by atoms with Crippen LogP contribution in [0.4, 0.5) is 0 Å². The molecular weight excluding hydrogens is 500 g/mol. The summed E-state index contributed by atoms with van der Waals surface area (Å²) in [5.74, 6) is -1.32. The van der Waals surface area contributed by atoms with E-state index < -0.39 is 24.0 Å². The fourth-order valence-corrected chi connectivity index (χ4v) is 4.25. The van der Waals surface area contributed by atoms with Gasteiger partial charge in [-0.25, -0.2) is 9.59 Å². The van der Waals surface area contributed by atoms with Crippen LogP contribution in [-0.2, 0) is 19.1 Å². The number of carbonyl (C=O) groups is 2. The van der Waals surface area contributed by atoms with Crippen molar-refractivity contribution in [3.63, 3.8) is 0 Å². The molecule has 0 aliphatic heterocycles. The van der Waals surface area contributed by atoms with E-state index >= 15 is 0 Å². The van der Waals surface area contributed by atoms with Gasteiger partial charge in [0.1, 0.15) is 0 Å². The Balaban J connectivity index is 1.96. The minimum Gasteiger partial charge on any atom is -0.464 e. The van der Waals surface area contributed by atoms with Crippen molar-refractivity contribution in [3.8, 4) is 0 Å². The van der Waals surface area contributed by atoms with Gasteiger partial charge in [-0.3, -0.25) is 9.98 Å². The Bertz CT molecular complexity index is 1240. The lowest BCUT2D eigenvalue weighted by molar-refractivity contribution is -0.152. The number of rotatable bonds is 11. The summed E-state index contributed by atoms with van der Waals surface area (Å²) in [6.07, 6.45) is 0. The first kappa shape index (κ1) is 28.2. The summed E-state index contributed by atoms with van der Waals surface area (Å²) in [7, 11) is 0. The summed E-state index contributed by atoms with van der Waals surface area (Å²) >= 11 is 0. The van der Waals surface area contributed by atoms with E-state index in [1.54, 1.807) is 13.8 Å². The lowest BCUT2D eigenvalue weighted by Gasteiger charge is -2.21. The Morgan fingerprint density at radius 1 is 0.500 bits per heavy atom. The monoisotopic (exact) mass is 532 g/mol. The summed E-state index contributed by atoms with van der Waals surface area (Å²) in [5.41, 5.74) is 4.26. The molecule has 202 valence electrons. The third kappa shape index (κ3) is 7.17. The molecule has 0 saturated heterocycles. The summed E-state index contributed by atoms with van der Waals surface area (Å²) in [5, 5.41) is 0. The molecule has 4 aromatic carbocycles. The van der Waals surface area contributed by atoms with Gasteiger partial charge in [0.05, 0.1) is 24.6 Å². The van der Waals surface area contributed by atoms with Gasteiger partial charge in [-0.1, -0.05) is 121 Å². The minimum absolute atomic E-state index is 0.125. The Morgan fingerprint density at radius 2 is 0.750 bits per heavy atom. The highest BCUT2D eigenvalue weighted by Crippen LogP contribution is 2.20. The molecule has 0 amide bonds. The van der Waals surface area contributed by atoms with Gasteiger partial charge in [-0.05, 0) is 13.8 Å². The lowest BCUT2D eigenvalue weighted by Crippen LogP contribution is -2.41. The van der Waals surface area contributed by atoms with Gasteiger partial charge in [0, 0.05) is 22.3 Å². The molecule has 4 rings (SSSR count). The van der Waals surface area contributed by atoms with Crippen molar-refractivity contribution in [1.82, 2.24) is 0 Å². The fourth-order valence-electron chi connectivity index (χ4n) is 4.25. The minimum atomic E-state index is -1.29. The predicted molar refractivity (Wildman–Crippen MR) is 158 cm³/mol. The largest absolute Gasteiger partial charge is 0.464 e. The van der Waals surface area contributed by atoms with Crippen LogP contribution in [0, 0.1) is 0 Å². The topological polar surface area (TPSA) is 77.3 Å². The quantitative estimate of drug-likeness (QED) is 0.177. The maximum atomic E-state index is 13.5. The van der Waals surface area contributed by atoms with Gasteiger partial charge < -0.3 is 9.47 Å². The zero-order valence-corrected chi connectivity index (χ0v) is 22.6. The molecular formula is C34H32N2O4. The maximum absolute atomic E-state index is 13.5. The highest BCUT2D eigenvalue weighted by Gasteiger charge is 2.37. The number of hydrogen-bond acceptors (Lipinski definition) is 6. The van der Waals surface area contributed by atoms with Crippen LogP contribution in [0.5, 0.6) is 0 Å². The van der Waals surface area contributed by atoms with Crippen LogP contribution in [-0.4, -0.2) is 48.7 Å². The van der Waals surface area contributed by atoms with Gasteiger partial charge in [0.2, 0.25) is 0 Å². The Hall–Kier alpha value is -4.84. The van der Waals surface area contributed by atoms with Crippen LogP contribution in [0.1, 0.15) is 36.1 Å². The van der Waals surface area contributed by atoms with Crippen molar-refractivity contribution in [2.75, 3.05) is 13.2 Å². The van der Waals surface area contributed by atoms with Gasteiger partial charge in [0.25, 0.3) is 0 Å². The number of carbonyl (C=O) groups excluding carboxylic acids is 2.